The second-order valence-corrected chi connectivity index (χ2v) is 6.16. The molecule has 1 fully saturated rings. The van der Waals surface area contributed by atoms with E-state index >= 15 is 0 Å². The lowest BCUT2D eigenvalue weighted by Gasteiger charge is -2.37. The van der Waals surface area contributed by atoms with Crippen molar-refractivity contribution in [3.63, 3.8) is 0 Å². The third-order valence-electron chi connectivity index (χ3n) is 3.59. The van der Waals surface area contributed by atoms with E-state index in [0.717, 1.165) is 12.8 Å². The van der Waals surface area contributed by atoms with Gasteiger partial charge in [0.2, 0.25) is 0 Å². The van der Waals surface area contributed by atoms with Crippen LogP contribution < -0.4 is 10.6 Å². The first-order chi connectivity index (χ1) is 8.50. The number of hydrogen-bond donors (Lipinski definition) is 3. The quantitative estimate of drug-likeness (QED) is 0.660. The molecule has 1 aliphatic carbocycles. The smallest absolute Gasteiger partial charge is 0.314 e. The van der Waals surface area contributed by atoms with Crippen LogP contribution in [0, 0.1) is 5.41 Å². The molecule has 1 aliphatic rings. The standard InChI is InChI=1S/C12H22N2O3S/c1-9(18-2)4-7-13-11(17)14-8-12(10(15)16)5-3-6-12/h9H,3-8H2,1-2H3,(H,15,16)(H2,13,14,17). The highest BCUT2D eigenvalue weighted by atomic mass is 32.2. The van der Waals surface area contributed by atoms with Gasteiger partial charge in [0.15, 0.2) is 0 Å². The van der Waals surface area contributed by atoms with Crippen molar-refractivity contribution in [2.24, 2.45) is 5.41 Å². The first-order valence-corrected chi connectivity index (χ1v) is 7.57. The first kappa shape index (κ1) is 15.1. The molecule has 0 bridgehead atoms. The number of carbonyl (C=O) groups is 2. The molecule has 0 aromatic rings. The van der Waals surface area contributed by atoms with E-state index in [1.807, 2.05) is 6.26 Å². The zero-order chi connectivity index (χ0) is 13.6. The molecule has 3 N–H and O–H groups in total. The number of amides is 2. The number of aliphatic carboxylic acids is 1. The Morgan fingerprint density at radius 3 is 2.50 bits per heavy atom. The van der Waals surface area contributed by atoms with Gasteiger partial charge in [0.1, 0.15) is 0 Å². The Morgan fingerprint density at radius 1 is 1.39 bits per heavy atom. The molecule has 6 heteroatoms. The molecule has 0 saturated heterocycles. The van der Waals surface area contributed by atoms with Gasteiger partial charge in [-0.15, -0.1) is 0 Å². The Labute approximate surface area is 112 Å². The van der Waals surface area contributed by atoms with Gasteiger partial charge in [0.05, 0.1) is 5.41 Å². The van der Waals surface area contributed by atoms with Crippen LogP contribution >= 0.6 is 11.8 Å². The number of urea groups is 1. The molecule has 2 amide bonds. The average Bonchev–Trinajstić information content (AvgIpc) is 2.26. The summed E-state index contributed by atoms with van der Waals surface area (Å²) in [6, 6.07) is -0.268. The molecule has 0 aromatic carbocycles. The second-order valence-electron chi connectivity index (χ2n) is 4.88. The fourth-order valence-corrected chi connectivity index (χ4v) is 2.24. The summed E-state index contributed by atoms with van der Waals surface area (Å²) in [6.07, 6.45) is 5.20. The summed E-state index contributed by atoms with van der Waals surface area (Å²) in [5.74, 6) is -0.801. The number of hydrogen-bond acceptors (Lipinski definition) is 3. The number of thioether (sulfide) groups is 1. The largest absolute Gasteiger partial charge is 0.481 e. The molecule has 0 aromatic heterocycles. The zero-order valence-electron chi connectivity index (χ0n) is 11.0. The molecule has 1 rings (SSSR count). The van der Waals surface area contributed by atoms with E-state index in [4.69, 9.17) is 5.11 Å². The van der Waals surface area contributed by atoms with Crippen LogP contribution in [0.4, 0.5) is 4.79 Å². The third kappa shape index (κ3) is 4.08. The van der Waals surface area contributed by atoms with Crippen molar-refractivity contribution in [2.45, 2.75) is 37.9 Å². The molecule has 1 atom stereocenters. The van der Waals surface area contributed by atoms with Crippen LogP contribution in [0.15, 0.2) is 0 Å². The number of nitrogens with one attached hydrogen (secondary N) is 2. The van der Waals surface area contributed by atoms with Crippen molar-refractivity contribution in [3.8, 4) is 0 Å². The topological polar surface area (TPSA) is 78.4 Å². The van der Waals surface area contributed by atoms with Crippen LogP contribution in [-0.2, 0) is 4.79 Å². The van der Waals surface area contributed by atoms with Gasteiger partial charge < -0.3 is 15.7 Å². The van der Waals surface area contributed by atoms with Gasteiger partial charge in [0, 0.05) is 18.3 Å². The van der Waals surface area contributed by atoms with Crippen LogP contribution in [0.2, 0.25) is 0 Å². The van der Waals surface area contributed by atoms with E-state index in [1.165, 1.54) is 0 Å². The molecule has 0 heterocycles. The van der Waals surface area contributed by atoms with Crippen molar-refractivity contribution < 1.29 is 14.7 Å². The van der Waals surface area contributed by atoms with Crippen LogP contribution in [0.3, 0.4) is 0 Å². The van der Waals surface area contributed by atoms with E-state index in [9.17, 15) is 9.59 Å². The Balaban J connectivity index is 2.19. The molecule has 0 spiro atoms. The minimum absolute atomic E-state index is 0.228. The predicted octanol–water partition coefficient (Wildman–Crippen LogP) is 1.68. The lowest BCUT2D eigenvalue weighted by molar-refractivity contribution is -0.153. The monoisotopic (exact) mass is 274 g/mol. The summed E-state index contributed by atoms with van der Waals surface area (Å²) in [5, 5.41) is 15.0. The molecule has 1 saturated carbocycles. The molecule has 5 nitrogen and oxygen atoms in total. The van der Waals surface area contributed by atoms with E-state index < -0.39 is 11.4 Å². The maximum absolute atomic E-state index is 11.5. The number of carboxylic acid groups (broad SMARTS) is 1. The minimum Gasteiger partial charge on any atom is -0.481 e. The summed E-state index contributed by atoms with van der Waals surface area (Å²) in [6.45, 7) is 2.96. The third-order valence-corrected chi connectivity index (χ3v) is 4.63. The molecular weight excluding hydrogens is 252 g/mol. The van der Waals surface area contributed by atoms with Crippen LogP contribution in [0.5, 0.6) is 0 Å². The SMILES string of the molecule is CSC(C)CCNC(=O)NCC1(C(=O)O)CCC1. The summed E-state index contributed by atoms with van der Waals surface area (Å²) in [5.41, 5.74) is -0.718. The molecule has 0 radical (unpaired) electrons. The van der Waals surface area contributed by atoms with Crippen molar-refractivity contribution in [3.05, 3.63) is 0 Å². The minimum atomic E-state index is -0.801. The summed E-state index contributed by atoms with van der Waals surface area (Å²) >= 11 is 1.76. The van der Waals surface area contributed by atoms with Crippen LogP contribution in [0.1, 0.15) is 32.6 Å². The fourth-order valence-electron chi connectivity index (χ4n) is 1.89. The number of carbonyl (C=O) groups excluding carboxylic acids is 1. The normalized spacial score (nSPS) is 18.6. The zero-order valence-corrected chi connectivity index (χ0v) is 11.8. The van der Waals surface area contributed by atoms with Crippen molar-refractivity contribution in [1.29, 1.82) is 0 Å². The van der Waals surface area contributed by atoms with Gasteiger partial charge in [-0.2, -0.15) is 11.8 Å². The number of carboxylic acids is 1. The molecule has 104 valence electrons. The summed E-state index contributed by atoms with van der Waals surface area (Å²) in [4.78, 5) is 22.6. The highest BCUT2D eigenvalue weighted by Gasteiger charge is 2.44. The molecular formula is C12H22N2O3S. The highest BCUT2D eigenvalue weighted by molar-refractivity contribution is 7.99. The van der Waals surface area contributed by atoms with Gasteiger partial charge in [0.25, 0.3) is 0 Å². The fraction of sp³-hybridized carbons (Fsp3) is 0.833. The maximum Gasteiger partial charge on any atom is 0.314 e. The summed E-state index contributed by atoms with van der Waals surface area (Å²) in [7, 11) is 0. The van der Waals surface area contributed by atoms with E-state index in [2.05, 4.69) is 17.6 Å². The maximum atomic E-state index is 11.5. The number of rotatable bonds is 7. The Hall–Kier alpha value is -0.910. The van der Waals surface area contributed by atoms with E-state index in [0.29, 0.717) is 24.6 Å². The Bertz CT molecular complexity index is 306. The van der Waals surface area contributed by atoms with Gasteiger partial charge in [-0.1, -0.05) is 13.3 Å². The lowest BCUT2D eigenvalue weighted by Crippen LogP contribution is -2.49. The first-order valence-electron chi connectivity index (χ1n) is 6.28. The van der Waals surface area contributed by atoms with Gasteiger partial charge in [-0.3, -0.25) is 4.79 Å². The van der Waals surface area contributed by atoms with E-state index in [1.54, 1.807) is 11.8 Å². The summed E-state index contributed by atoms with van der Waals surface area (Å²) < 4.78 is 0. The van der Waals surface area contributed by atoms with Crippen LogP contribution in [0.25, 0.3) is 0 Å². The van der Waals surface area contributed by atoms with Gasteiger partial charge >= 0.3 is 12.0 Å². The van der Waals surface area contributed by atoms with Crippen molar-refractivity contribution in [1.82, 2.24) is 10.6 Å². The Kier molecular flexibility index (Phi) is 5.78. The van der Waals surface area contributed by atoms with Crippen LogP contribution in [-0.4, -0.2) is 41.7 Å². The highest BCUT2D eigenvalue weighted by Crippen LogP contribution is 2.40. The Morgan fingerprint density at radius 2 is 2.06 bits per heavy atom. The van der Waals surface area contributed by atoms with Gasteiger partial charge in [-0.05, 0) is 25.5 Å². The molecule has 0 aliphatic heterocycles. The second kappa shape index (κ2) is 6.87. The molecule has 18 heavy (non-hydrogen) atoms. The lowest BCUT2D eigenvalue weighted by atomic mass is 9.69. The van der Waals surface area contributed by atoms with Crippen molar-refractivity contribution in [2.75, 3.05) is 19.3 Å². The average molecular weight is 274 g/mol. The van der Waals surface area contributed by atoms with Crippen molar-refractivity contribution >= 4 is 23.8 Å². The predicted molar refractivity (Wildman–Crippen MR) is 72.9 cm³/mol. The van der Waals surface area contributed by atoms with Gasteiger partial charge in [-0.25, -0.2) is 4.79 Å². The van der Waals surface area contributed by atoms with E-state index in [-0.39, 0.29) is 12.6 Å². The molecule has 1 unspecified atom stereocenters.